The summed E-state index contributed by atoms with van der Waals surface area (Å²) in [5.41, 5.74) is 6.58. The zero-order chi connectivity index (χ0) is 16.9. The smallest absolute Gasteiger partial charge is 0.253 e. The van der Waals surface area contributed by atoms with Crippen LogP contribution in [0.1, 0.15) is 12.0 Å². The van der Waals surface area contributed by atoms with Crippen molar-refractivity contribution < 1.29 is 14.4 Å². The van der Waals surface area contributed by atoms with E-state index in [0.29, 0.717) is 5.69 Å². The van der Waals surface area contributed by atoms with Crippen LogP contribution in [0.4, 0.5) is 5.69 Å². The Balaban J connectivity index is 1.58. The summed E-state index contributed by atoms with van der Waals surface area (Å²) in [6.07, 6.45) is 0.213. The van der Waals surface area contributed by atoms with Crippen molar-refractivity contribution >= 4 is 23.4 Å². The zero-order valence-electron chi connectivity index (χ0n) is 12.9. The number of hydrogen-bond donors (Lipinski definition) is 2. The standard InChI is InChI=1S/C18H17N3O3/c22-16(11-13-7-3-1-4-8-13)20-19-15-12-17(23)21(18(15)24)14-9-5-2-6-10-14/h1-10,15,19H,11-12H2,(H,20,22)/t15-/m0/s1. The molecule has 6 nitrogen and oxygen atoms in total. The van der Waals surface area contributed by atoms with Crippen LogP contribution in [0.2, 0.25) is 0 Å². The molecule has 0 aliphatic carbocycles. The van der Waals surface area contributed by atoms with Gasteiger partial charge in [0.2, 0.25) is 11.8 Å². The second-order valence-corrected chi connectivity index (χ2v) is 5.51. The van der Waals surface area contributed by atoms with Gasteiger partial charge in [0.1, 0.15) is 6.04 Å². The molecule has 122 valence electrons. The molecule has 0 spiro atoms. The largest absolute Gasteiger partial charge is 0.291 e. The molecule has 1 aliphatic rings. The lowest BCUT2D eigenvalue weighted by Gasteiger charge is -2.15. The number of carbonyl (C=O) groups excluding carboxylic acids is 3. The topological polar surface area (TPSA) is 78.5 Å². The molecular formula is C18H17N3O3. The molecule has 0 aromatic heterocycles. The first kappa shape index (κ1) is 15.9. The highest BCUT2D eigenvalue weighted by Crippen LogP contribution is 2.22. The average molecular weight is 323 g/mol. The first-order chi connectivity index (χ1) is 11.6. The van der Waals surface area contributed by atoms with Gasteiger partial charge < -0.3 is 0 Å². The summed E-state index contributed by atoms with van der Waals surface area (Å²) in [6.45, 7) is 0. The van der Waals surface area contributed by atoms with E-state index in [1.807, 2.05) is 36.4 Å². The van der Waals surface area contributed by atoms with E-state index in [-0.39, 0.29) is 30.6 Å². The van der Waals surface area contributed by atoms with Crippen LogP contribution < -0.4 is 15.8 Å². The summed E-state index contributed by atoms with van der Waals surface area (Å²) < 4.78 is 0. The third-order valence-electron chi connectivity index (χ3n) is 3.75. The summed E-state index contributed by atoms with van der Waals surface area (Å²) in [5, 5.41) is 0. The highest BCUT2D eigenvalue weighted by Gasteiger charge is 2.39. The van der Waals surface area contributed by atoms with Gasteiger partial charge in [0.05, 0.1) is 18.5 Å². The van der Waals surface area contributed by atoms with Crippen molar-refractivity contribution in [2.45, 2.75) is 18.9 Å². The van der Waals surface area contributed by atoms with E-state index in [0.717, 1.165) is 10.5 Å². The Morgan fingerprint density at radius 2 is 1.62 bits per heavy atom. The Kier molecular flexibility index (Phi) is 4.67. The third-order valence-corrected chi connectivity index (χ3v) is 3.75. The van der Waals surface area contributed by atoms with Gasteiger partial charge in [-0.2, -0.15) is 0 Å². The van der Waals surface area contributed by atoms with Crippen LogP contribution in [0.15, 0.2) is 60.7 Å². The van der Waals surface area contributed by atoms with Gasteiger partial charge in [-0.3, -0.25) is 19.8 Å². The molecule has 0 bridgehead atoms. The summed E-state index contributed by atoms with van der Waals surface area (Å²) in [5.74, 6) is -0.924. The lowest BCUT2D eigenvalue weighted by molar-refractivity contribution is -0.122. The van der Waals surface area contributed by atoms with E-state index in [4.69, 9.17) is 0 Å². The van der Waals surface area contributed by atoms with Crippen molar-refractivity contribution in [1.82, 2.24) is 10.9 Å². The SMILES string of the molecule is O=C(Cc1ccccc1)NN[C@H]1CC(=O)N(c2ccccc2)C1=O. The van der Waals surface area contributed by atoms with E-state index in [1.165, 1.54) is 0 Å². The predicted octanol–water partition coefficient (Wildman–Crippen LogP) is 1.18. The maximum atomic E-state index is 12.4. The minimum absolute atomic E-state index is 0.0132. The van der Waals surface area contributed by atoms with Crippen molar-refractivity contribution in [2.24, 2.45) is 0 Å². The van der Waals surface area contributed by atoms with E-state index in [9.17, 15) is 14.4 Å². The highest BCUT2D eigenvalue weighted by atomic mass is 16.2. The highest BCUT2D eigenvalue weighted by molar-refractivity contribution is 6.22. The number of hydrazine groups is 1. The Hall–Kier alpha value is -2.99. The molecule has 2 aromatic carbocycles. The number of anilines is 1. The van der Waals surface area contributed by atoms with Crippen LogP contribution >= 0.6 is 0 Å². The molecule has 0 saturated carbocycles. The molecule has 3 amide bonds. The second kappa shape index (κ2) is 7.06. The lowest BCUT2D eigenvalue weighted by atomic mass is 10.1. The number of rotatable bonds is 5. The number of amides is 3. The Morgan fingerprint density at radius 1 is 1.00 bits per heavy atom. The second-order valence-electron chi connectivity index (χ2n) is 5.51. The maximum Gasteiger partial charge on any atom is 0.253 e. The number of benzene rings is 2. The maximum absolute atomic E-state index is 12.4. The molecule has 6 heteroatoms. The molecule has 1 saturated heterocycles. The van der Waals surface area contributed by atoms with E-state index in [1.54, 1.807) is 24.3 Å². The monoisotopic (exact) mass is 323 g/mol. The number of nitrogens with one attached hydrogen (secondary N) is 2. The summed E-state index contributed by atoms with van der Waals surface area (Å²) in [6, 6.07) is 17.3. The number of imide groups is 1. The molecule has 0 radical (unpaired) electrons. The van der Waals surface area contributed by atoms with Crippen LogP contribution in [0.5, 0.6) is 0 Å². The Labute approximate surface area is 139 Å². The predicted molar refractivity (Wildman–Crippen MR) is 88.8 cm³/mol. The first-order valence-electron chi connectivity index (χ1n) is 7.65. The minimum atomic E-state index is -0.752. The summed E-state index contributed by atoms with van der Waals surface area (Å²) in [7, 11) is 0. The van der Waals surface area contributed by atoms with Gasteiger partial charge in [0, 0.05) is 0 Å². The van der Waals surface area contributed by atoms with Crippen LogP contribution in [0.3, 0.4) is 0 Å². The minimum Gasteiger partial charge on any atom is -0.291 e. The normalized spacial score (nSPS) is 17.2. The van der Waals surface area contributed by atoms with Crippen molar-refractivity contribution in [3.63, 3.8) is 0 Å². The van der Waals surface area contributed by atoms with E-state index < -0.39 is 6.04 Å². The average Bonchev–Trinajstić information content (AvgIpc) is 2.88. The van der Waals surface area contributed by atoms with Crippen LogP contribution in [-0.4, -0.2) is 23.8 Å². The van der Waals surface area contributed by atoms with Crippen LogP contribution in [0, 0.1) is 0 Å². The summed E-state index contributed by atoms with van der Waals surface area (Å²) in [4.78, 5) is 37.5. The van der Waals surface area contributed by atoms with E-state index in [2.05, 4.69) is 10.9 Å². The number of para-hydroxylation sites is 1. The molecule has 1 fully saturated rings. The lowest BCUT2D eigenvalue weighted by Crippen LogP contribution is -2.48. The van der Waals surface area contributed by atoms with Gasteiger partial charge >= 0.3 is 0 Å². The Bertz CT molecular complexity index is 747. The molecular weight excluding hydrogens is 306 g/mol. The van der Waals surface area contributed by atoms with Crippen LogP contribution in [0.25, 0.3) is 0 Å². The molecule has 3 rings (SSSR count). The molecule has 0 unspecified atom stereocenters. The number of carbonyl (C=O) groups is 3. The van der Waals surface area contributed by atoms with Gasteiger partial charge in [-0.05, 0) is 17.7 Å². The van der Waals surface area contributed by atoms with Crippen molar-refractivity contribution in [1.29, 1.82) is 0 Å². The molecule has 2 N–H and O–H groups in total. The zero-order valence-corrected chi connectivity index (χ0v) is 12.9. The van der Waals surface area contributed by atoms with Gasteiger partial charge in [-0.1, -0.05) is 48.5 Å². The molecule has 1 heterocycles. The fourth-order valence-electron chi connectivity index (χ4n) is 2.59. The fourth-order valence-corrected chi connectivity index (χ4v) is 2.59. The van der Waals surface area contributed by atoms with Crippen molar-refractivity contribution in [3.8, 4) is 0 Å². The molecule has 1 atom stereocenters. The van der Waals surface area contributed by atoms with Gasteiger partial charge in [-0.25, -0.2) is 10.3 Å². The quantitative estimate of drug-likeness (QED) is 0.640. The molecule has 1 aliphatic heterocycles. The van der Waals surface area contributed by atoms with Gasteiger partial charge in [0.15, 0.2) is 0 Å². The fraction of sp³-hybridized carbons (Fsp3) is 0.167. The number of hydrogen-bond acceptors (Lipinski definition) is 4. The Morgan fingerprint density at radius 3 is 2.29 bits per heavy atom. The van der Waals surface area contributed by atoms with Crippen LogP contribution in [-0.2, 0) is 20.8 Å². The van der Waals surface area contributed by atoms with Gasteiger partial charge in [0.25, 0.3) is 5.91 Å². The first-order valence-corrected chi connectivity index (χ1v) is 7.65. The third kappa shape index (κ3) is 3.49. The number of nitrogens with zero attached hydrogens (tertiary/aromatic N) is 1. The molecule has 24 heavy (non-hydrogen) atoms. The van der Waals surface area contributed by atoms with Gasteiger partial charge in [-0.15, -0.1) is 0 Å². The summed E-state index contributed by atoms with van der Waals surface area (Å²) >= 11 is 0. The van der Waals surface area contributed by atoms with Crippen molar-refractivity contribution in [2.75, 3.05) is 4.90 Å². The van der Waals surface area contributed by atoms with Crippen molar-refractivity contribution in [3.05, 3.63) is 66.2 Å². The molecule has 2 aromatic rings. The van der Waals surface area contributed by atoms with E-state index >= 15 is 0 Å².